The van der Waals surface area contributed by atoms with Crippen LogP contribution in [0, 0.1) is 0 Å². The lowest BCUT2D eigenvalue weighted by Gasteiger charge is -2.27. The lowest BCUT2D eigenvalue weighted by molar-refractivity contribution is 0.243. The molecule has 1 fully saturated rings. The monoisotopic (exact) mass is 216 g/mol. The van der Waals surface area contributed by atoms with Gasteiger partial charge in [0.15, 0.2) is 0 Å². The Hall–Kier alpha value is -1.51. The zero-order valence-electron chi connectivity index (χ0n) is 9.33. The van der Waals surface area contributed by atoms with Gasteiger partial charge in [0.05, 0.1) is 0 Å². The number of hydrogen-bond acceptors (Lipinski definition) is 1. The van der Waals surface area contributed by atoms with Crippen molar-refractivity contribution in [1.82, 2.24) is 5.32 Å². The summed E-state index contributed by atoms with van der Waals surface area (Å²) in [6, 6.07) is 6.49. The third-order valence-corrected chi connectivity index (χ3v) is 3.47. The summed E-state index contributed by atoms with van der Waals surface area (Å²) < 4.78 is 0. The van der Waals surface area contributed by atoms with E-state index >= 15 is 0 Å². The zero-order chi connectivity index (χ0) is 11.0. The van der Waals surface area contributed by atoms with Gasteiger partial charge >= 0.3 is 6.03 Å². The average molecular weight is 216 g/mol. The Morgan fingerprint density at radius 3 is 2.88 bits per heavy atom. The Morgan fingerprint density at radius 1 is 1.12 bits per heavy atom. The standard InChI is InChI=1S/C13H16N2O/c16-13-14-7-2-8-15(13)12-6-5-10-3-1-4-11(10)9-12/h5-6,9H,1-4,7-8H2,(H,14,16). The summed E-state index contributed by atoms with van der Waals surface area (Å²) in [6.07, 6.45) is 4.65. The molecule has 0 atom stereocenters. The molecule has 1 saturated heterocycles. The van der Waals surface area contributed by atoms with Crippen molar-refractivity contribution in [3.05, 3.63) is 29.3 Å². The van der Waals surface area contributed by atoms with E-state index in [-0.39, 0.29) is 6.03 Å². The molecule has 1 aromatic carbocycles. The van der Waals surface area contributed by atoms with Gasteiger partial charge in [-0.1, -0.05) is 6.07 Å². The van der Waals surface area contributed by atoms with Crippen molar-refractivity contribution < 1.29 is 4.79 Å². The van der Waals surface area contributed by atoms with Crippen molar-refractivity contribution >= 4 is 11.7 Å². The minimum absolute atomic E-state index is 0.0456. The number of carbonyl (C=O) groups excluding carboxylic acids is 1. The van der Waals surface area contributed by atoms with Crippen LogP contribution in [-0.2, 0) is 12.8 Å². The molecule has 1 aliphatic carbocycles. The molecule has 0 saturated carbocycles. The van der Waals surface area contributed by atoms with E-state index in [0.29, 0.717) is 0 Å². The topological polar surface area (TPSA) is 32.3 Å². The molecule has 16 heavy (non-hydrogen) atoms. The van der Waals surface area contributed by atoms with Crippen LogP contribution < -0.4 is 10.2 Å². The van der Waals surface area contributed by atoms with Crippen LogP contribution in [0.15, 0.2) is 18.2 Å². The highest BCUT2D eigenvalue weighted by Crippen LogP contribution is 2.27. The predicted octanol–water partition coefficient (Wildman–Crippen LogP) is 2.10. The van der Waals surface area contributed by atoms with Crippen LogP contribution >= 0.6 is 0 Å². The second-order valence-corrected chi connectivity index (χ2v) is 4.54. The van der Waals surface area contributed by atoms with Gasteiger partial charge in [0.25, 0.3) is 0 Å². The number of hydrogen-bond donors (Lipinski definition) is 1. The Balaban J connectivity index is 1.91. The van der Waals surface area contributed by atoms with Crippen LogP contribution in [0.2, 0.25) is 0 Å². The summed E-state index contributed by atoms with van der Waals surface area (Å²) in [5.41, 5.74) is 3.94. The van der Waals surface area contributed by atoms with Crippen LogP contribution in [0.4, 0.5) is 10.5 Å². The first-order chi connectivity index (χ1) is 7.84. The van der Waals surface area contributed by atoms with Gasteiger partial charge in [-0.25, -0.2) is 4.79 Å². The van der Waals surface area contributed by atoms with Gasteiger partial charge in [0.1, 0.15) is 0 Å². The number of fused-ring (bicyclic) bond motifs is 1. The number of carbonyl (C=O) groups is 1. The third kappa shape index (κ3) is 1.56. The number of nitrogens with one attached hydrogen (secondary N) is 1. The zero-order valence-corrected chi connectivity index (χ0v) is 9.33. The van der Waals surface area contributed by atoms with Crippen LogP contribution in [0.1, 0.15) is 24.0 Å². The van der Waals surface area contributed by atoms with Crippen molar-refractivity contribution in [3.8, 4) is 0 Å². The molecule has 1 aromatic rings. The highest BCUT2D eigenvalue weighted by atomic mass is 16.2. The SMILES string of the molecule is O=C1NCCCN1c1ccc2c(c1)CCC2. The Bertz CT molecular complexity index is 428. The molecule has 84 valence electrons. The van der Waals surface area contributed by atoms with E-state index in [1.807, 2.05) is 4.90 Å². The van der Waals surface area contributed by atoms with Gasteiger partial charge in [-0.3, -0.25) is 4.90 Å². The average Bonchev–Trinajstić information content (AvgIpc) is 2.76. The summed E-state index contributed by atoms with van der Waals surface area (Å²) in [5.74, 6) is 0. The van der Waals surface area contributed by atoms with Crippen molar-refractivity contribution in [2.24, 2.45) is 0 Å². The van der Waals surface area contributed by atoms with Crippen LogP contribution in [0.25, 0.3) is 0 Å². The first-order valence-corrected chi connectivity index (χ1v) is 6.02. The Kier molecular flexibility index (Phi) is 2.31. The maximum atomic E-state index is 11.7. The van der Waals surface area contributed by atoms with E-state index in [4.69, 9.17) is 0 Å². The molecule has 2 amide bonds. The lowest BCUT2D eigenvalue weighted by atomic mass is 10.1. The van der Waals surface area contributed by atoms with Gasteiger partial charge in [0.2, 0.25) is 0 Å². The smallest absolute Gasteiger partial charge is 0.321 e. The summed E-state index contributed by atoms with van der Waals surface area (Å²) in [4.78, 5) is 13.6. The molecule has 1 aliphatic heterocycles. The van der Waals surface area contributed by atoms with E-state index in [1.165, 1.54) is 30.4 Å². The molecule has 0 unspecified atom stereocenters. The van der Waals surface area contributed by atoms with Crippen molar-refractivity contribution in [2.75, 3.05) is 18.0 Å². The summed E-state index contributed by atoms with van der Waals surface area (Å²) in [6.45, 7) is 1.64. The normalized spacial score (nSPS) is 19.5. The molecule has 2 aliphatic rings. The second-order valence-electron chi connectivity index (χ2n) is 4.54. The van der Waals surface area contributed by atoms with Crippen LogP contribution in [0.3, 0.4) is 0 Å². The fourth-order valence-corrected chi connectivity index (χ4v) is 2.60. The molecule has 0 radical (unpaired) electrons. The van der Waals surface area contributed by atoms with E-state index in [9.17, 15) is 4.79 Å². The predicted molar refractivity (Wildman–Crippen MR) is 63.8 cm³/mol. The minimum Gasteiger partial charge on any atom is -0.338 e. The molecule has 3 heteroatoms. The molecule has 3 rings (SSSR count). The van der Waals surface area contributed by atoms with Crippen molar-refractivity contribution in [3.63, 3.8) is 0 Å². The fourth-order valence-electron chi connectivity index (χ4n) is 2.60. The van der Waals surface area contributed by atoms with Crippen LogP contribution in [0.5, 0.6) is 0 Å². The lowest BCUT2D eigenvalue weighted by Crippen LogP contribution is -2.46. The fraction of sp³-hybridized carbons (Fsp3) is 0.462. The minimum atomic E-state index is 0.0456. The number of amides is 2. The number of anilines is 1. The first-order valence-electron chi connectivity index (χ1n) is 6.02. The molecule has 0 aromatic heterocycles. The van der Waals surface area contributed by atoms with Gasteiger partial charge in [-0.15, -0.1) is 0 Å². The van der Waals surface area contributed by atoms with E-state index in [2.05, 4.69) is 23.5 Å². The van der Waals surface area contributed by atoms with Gasteiger partial charge in [0, 0.05) is 18.8 Å². The highest BCUT2D eigenvalue weighted by molar-refractivity contribution is 5.92. The summed E-state index contributed by atoms with van der Waals surface area (Å²) >= 11 is 0. The van der Waals surface area contributed by atoms with E-state index < -0.39 is 0 Å². The quantitative estimate of drug-likeness (QED) is 0.766. The maximum absolute atomic E-state index is 11.7. The van der Waals surface area contributed by atoms with E-state index in [1.54, 1.807) is 0 Å². The largest absolute Gasteiger partial charge is 0.338 e. The third-order valence-electron chi connectivity index (χ3n) is 3.47. The number of aryl methyl sites for hydroxylation is 2. The molecule has 0 bridgehead atoms. The number of nitrogens with zero attached hydrogens (tertiary/aromatic N) is 1. The van der Waals surface area contributed by atoms with Crippen molar-refractivity contribution in [2.45, 2.75) is 25.7 Å². The molecule has 1 heterocycles. The van der Waals surface area contributed by atoms with Crippen molar-refractivity contribution in [1.29, 1.82) is 0 Å². The number of benzene rings is 1. The van der Waals surface area contributed by atoms with Gasteiger partial charge in [-0.05, 0) is 48.9 Å². The van der Waals surface area contributed by atoms with E-state index in [0.717, 1.165) is 25.2 Å². The maximum Gasteiger partial charge on any atom is 0.321 e. The molecular formula is C13H16N2O. The Morgan fingerprint density at radius 2 is 2.00 bits per heavy atom. The number of urea groups is 1. The number of rotatable bonds is 1. The molecule has 1 N–H and O–H groups in total. The highest BCUT2D eigenvalue weighted by Gasteiger charge is 2.20. The summed E-state index contributed by atoms with van der Waals surface area (Å²) in [5, 5.41) is 2.89. The van der Waals surface area contributed by atoms with Crippen LogP contribution in [-0.4, -0.2) is 19.1 Å². The Labute approximate surface area is 95.4 Å². The van der Waals surface area contributed by atoms with Gasteiger partial charge < -0.3 is 5.32 Å². The first kappa shape index (κ1) is 9.70. The molecular weight excluding hydrogens is 200 g/mol. The molecule has 3 nitrogen and oxygen atoms in total. The van der Waals surface area contributed by atoms with Gasteiger partial charge in [-0.2, -0.15) is 0 Å². The summed E-state index contributed by atoms with van der Waals surface area (Å²) in [7, 11) is 0. The second kappa shape index (κ2) is 3.81. The molecule has 0 spiro atoms.